The quantitative estimate of drug-likeness (QED) is 0.515. The number of nitrogens with two attached hydrogens (primary N) is 2. The van der Waals surface area contributed by atoms with E-state index in [-0.39, 0.29) is 11.5 Å². The fourth-order valence-electron chi connectivity index (χ4n) is 3.18. The van der Waals surface area contributed by atoms with Gasteiger partial charge in [0.2, 0.25) is 5.88 Å². The average Bonchev–Trinajstić information content (AvgIpc) is 2.65. The molecule has 3 heterocycles. The second-order valence-corrected chi connectivity index (χ2v) is 6.18. The number of aromatic nitrogens is 2. The molecule has 2 aromatic heterocycles. The molecule has 0 saturated carbocycles. The van der Waals surface area contributed by atoms with Gasteiger partial charge in [-0.1, -0.05) is 0 Å². The summed E-state index contributed by atoms with van der Waals surface area (Å²) in [4.78, 5) is 19.4. The van der Waals surface area contributed by atoms with Crippen molar-refractivity contribution >= 4 is 34.0 Å². The summed E-state index contributed by atoms with van der Waals surface area (Å²) in [6.07, 6.45) is 2.96. The lowest BCUT2D eigenvalue weighted by Crippen LogP contribution is -2.20. The molecule has 1 aliphatic heterocycles. The van der Waals surface area contributed by atoms with Crippen LogP contribution in [0.1, 0.15) is 5.56 Å². The van der Waals surface area contributed by atoms with Crippen LogP contribution in [-0.4, -0.2) is 29.2 Å². The van der Waals surface area contributed by atoms with Crippen molar-refractivity contribution in [1.82, 2.24) is 9.97 Å². The van der Waals surface area contributed by atoms with Crippen molar-refractivity contribution in [2.24, 2.45) is 5.73 Å². The van der Waals surface area contributed by atoms with Gasteiger partial charge in [-0.25, -0.2) is 19.2 Å². The van der Waals surface area contributed by atoms with Gasteiger partial charge in [-0.05, 0) is 30.0 Å². The first-order chi connectivity index (χ1) is 13.0. The number of nitrogen functional groups attached to an aromatic ring is 1. The van der Waals surface area contributed by atoms with Gasteiger partial charge in [-0.3, -0.25) is 5.32 Å². The summed E-state index contributed by atoms with van der Waals surface area (Å²) >= 11 is 0. The largest absolute Gasteiger partial charge is 0.474 e. The topological polar surface area (TPSA) is 128 Å². The fraction of sp³-hybridized carbons (Fsp3) is 0.167. The van der Waals surface area contributed by atoms with E-state index in [4.69, 9.17) is 16.2 Å². The van der Waals surface area contributed by atoms with Crippen LogP contribution in [0.5, 0.6) is 5.88 Å². The third-order valence-electron chi connectivity index (χ3n) is 4.49. The number of halogens is 1. The number of pyridine rings is 2. The second kappa shape index (κ2) is 6.27. The fourth-order valence-corrected chi connectivity index (χ4v) is 3.18. The van der Waals surface area contributed by atoms with Gasteiger partial charge in [0.1, 0.15) is 18.1 Å². The molecule has 4 rings (SSSR count). The van der Waals surface area contributed by atoms with Crippen molar-refractivity contribution in [3.05, 3.63) is 35.9 Å². The number of fused-ring (bicyclic) bond motifs is 2. The molecule has 0 fully saturated rings. The van der Waals surface area contributed by atoms with Crippen LogP contribution < -0.4 is 26.8 Å². The molecule has 3 aromatic rings. The van der Waals surface area contributed by atoms with E-state index in [9.17, 15) is 4.79 Å². The molecule has 1 aliphatic rings. The number of anilines is 3. The standard InChI is InChI=1S/C18H17FN6O2/c1-8-11(6-24-17-16(8)22-2-3-27-17)10-4-9-5-13(25-18(21)26)23-7-12(9)15(20)14(10)19/h4-7,22H,2-3,20H2,1H3,(H3,21,23,25,26). The highest BCUT2D eigenvalue weighted by Gasteiger charge is 2.21. The van der Waals surface area contributed by atoms with E-state index in [1.54, 1.807) is 18.3 Å². The molecule has 1 aromatic carbocycles. The molecule has 6 N–H and O–H groups in total. The Labute approximate surface area is 153 Å². The number of benzene rings is 1. The van der Waals surface area contributed by atoms with Crippen LogP contribution in [0.15, 0.2) is 24.5 Å². The molecular formula is C18H17FN6O2. The van der Waals surface area contributed by atoms with E-state index in [1.807, 2.05) is 6.92 Å². The van der Waals surface area contributed by atoms with Gasteiger partial charge in [0.25, 0.3) is 0 Å². The molecule has 0 atom stereocenters. The van der Waals surface area contributed by atoms with Crippen LogP contribution in [0.25, 0.3) is 21.9 Å². The molecule has 27 heavy (non-hydrogen) atoms. The first kappa shape index (κ1) is 16.8. The maximum Gasteiger partial charge on any atom is 0.317 e. The van der Waals surface area contributed by atoms with Gasteiger partial charge in [0.05, 0.1) is 5.69 Å². The van der Waals surface area contributed by atoms with Gasteiger partial charge in [0, 0.05) is 35.5 Å². The molecule has 0 spiro atoms. The predicted molar refractivity (Wildman–Crippen MR) is 101 cm³/mol. The minimum atomic E-state index is -0.738. The van der Waals surface area contributed by atoms with Gasteiger partial charge >= 0.3 is 6.03 Å². The third kappa shape index (κ3) is 2.82. The predicted octanol–water partition coefficient (Wildman–Crippen LogP) is 2.62. The lowest BCUT2D eigenvalue weighted by molar-refractivity contribution is 0.259. The number of hydrogen-bond donors (Lipinski definition) is 4. The first-order valence-corrected chi connectivity index (χ1v) is 8.26. The van der Waals surface area contributed by atoms with Gasteiger partial charge in [-0.15, -0.1) is 0 Å². The molecule has 138 valence electrons. The van der Waals surface area contributed by atoms with E-state index in [2.05, 4.69) is 20.6 Å². The van der Waals surface area contributed by atoms with Crippen LogP contribution >= 0.6 is 0 Å². The number of ether oxygens (including phenoxy) is 1. The summed E-state index contributed by atoms with van der Waals surface area (Å²) in [5, 5.41) is 6.68. The minimum Gasteiger partial charge on any atom is -0.474 e. The Morgan fingerprint density at radius 1 is 1.30 bits per heavy atom. The zero-order valence-electron chi connectivity index (χ0n) is 14.5. The number of urea groups is 1. The van der Waals surface area contributed by atoms with Crippen LogP contribution in [0, 0.1) is 12.7 Å². The summed E-state index contributed by atoms with van der Waals surface area (Å²) in [6, 6.07) is 2.50. The summed E-state index contributed by atoms with van der Waals surface area (Å²) < 4.78 is 20.5. The van der Waals surface area contributed by atoms with E-state index in [0.29, 0.717) is 40.9 Å². The highest BCUT2D eigenvalue weighted by molar-refractivity contribution is 5.99. The number of amides is 2. The van der Waals surface area contributed by atoms with Gasteiger partial charge in [0.15, 0.2) is 5.82 Å². The van der Waals surface area contributed by atoms with Crippen molar-refractivity contribution < 1.29 is 13.9 Å². The molecule has 8 nitrogen and oxygen atoms in total. The second-order valence-electron chi connectivity index (χ2n) is 6.18. The van der Waals surface area contributed by atoms with Gasteiger partial charge in [-0.2, -0.15) is 0 Å². The molecule has 9 heteroatoms. The number of primary amides is 1. The molecule has 0 aliphatic carbocycles. The number of hydrogen-bond acceptors (Lipinski definition) is 6. The van der Waals surface area contributed by atoms with Crippen molar-refractivity contribution in [2.45, 2.75) is 6.92 Å². The smallest absolute Gasteiger partial charge is 0.317 e. The molecule has 0 radical (unpaired) electrons. The maximum atomic E-state index is 15.0. The van der Waals surface area contributed by atoms with Crippen LogP contribution in [-0.2, 0) is 0 Å². The van der Waals surface area contributed by atoms with Crippen LogP contribution in [0.4, 0.5) is 26.4 Å². The highest BCUT2D eigenvalue weighted by Crippen LogP contribution is 2.39. The number of nitrogens with one attached hydrogen (secondary N) is 2. The normalized spacial score (nSPS) is 12.8. The summed E-state index contributed by atoms with van der Waals surface area (Å²) in [5.41, 5.74) is 13.6. The Hall–Kier alpha value is -3.62. The molecule has 2 amide bonds. The first-order valence-electron chi connectivity index (χ1n) is 8.26. The Bertz CT molecular complexity index is 1090. The lowest BCUT2D eigenvalue weighted by Gasteiger charge is -2.22. The van der Waals surface area contributed by atoms with E-state index >= 15 is 4.39 Å². The molecule has 0 saturated heterocycles. The monoisotopic (exact) mass is 368 g/mol. The molecular weight excluding hydrogens is 351 g/mol. The molecule has 0 unspecified atom stereocenters. The highest BCUT2D eigenvalue weighted by atomic mass is 19.1. The summed E-state index contributed by atoms with van der Waals surface area (Å²) in [7, 11) is 0. The third-order valence-corrected chi connectivity index (χ3v) is 4.49. The van der Waals surface area contributed by atoms with Gasteiger partial charge < -0.3 is 21.5 Å². The average molecular weight is 368 g/mol. The van der Waals surface area contributed by atoms with Crippen molar-refractivity contribution in [1.29, 1.82) is 0 Å². The number of rotatable bonds is 2. The summed E-state index contributed by atoms with van der Waals surface area (Å²) in [6.45, 7) is 3.04. The van der Waals surface area contributed by atoms with E-state index < -0.39 is 11.8 Å². The number of carbonyl (C=O) groups is 1. The maximum absolute atomic E-state index is 15.0. The Morgan fingerprint density at radius 3 is 2.89 bits per heavy atom. The van der Waals surface area contributed by atoms with Crippen molar-refractivity contribution in [3.63, 3.8) is 0 Å². The summed E-state index contributed by atoms with van der Waals surface area (Å²) in [5.74, 6) is 0.192. The Morgan fingerprint density at radius 2 is 2.11 bits per heavy atom. The zero-order valence-corrected chi connectivity index (χ0v) is 14.5. The number of carbonyl (C=O) groups excluding carboxylic acids is 1. The SMILES string of the molecule is Cc1c(-c2cc3cc(NC(N)=O)ncc3c(N)c2F)cnc2c1NCCO2. The van der Waals surface area contributed by atoms with Crippen molar-refractivity contribution in [2.75, 3.05) is 29.5 Å². The van der Waals surface area contributed by atoms with E-state index in [0.717, 1.165) is 11.3 Å². The van der Waals surface area contributed by atoms with Crippen LogP contribution in [0.3, 0.4) is 0 Å². The van der Waals surface area contributed by atoms with Crippen LogP contribution in [0.2, 0.25) is 0 Å². The Balaban J connectivity index is 1.91. The lowest BCUT2D eigenvalue weighted by atomic mass is 9.97. The van der Waals surface area contributed by atoms with E-state index in [1.165, 1.54) is 6.20 Å². The number of nitrogens with zero attached hydrogens (tertiary/aromatic N) is 2. The minimum absolute atomic E-state index is 0.0260. The Kier molecular flexibility index (Phi) is 3.91. The van der Waals surface area contributed by atoms with Crippen molar-refractivity contribution in [3.8, 4) is 17.0 Å². The molecule has 0 bridgehead atoms. The zero-order chi connectivity index (χ0) is 19.1.